The number of hydrogen-bond acceptors (Lipinski definition) is 4. The minimum Gasteiger partial charge on any atom is -0.480 e. The number of nitrogens with zero attached hydrogens (tertiary/aromatic N) is 1. The van der Waals surface area contributed by atoms with E-state index in [1.807, 2.05) is 19.1 Å². The van der Waals surface area contributed by atoms with Gasteiger partial charge in [-0.15, -0.1) is 0 Å². The maximum absolute atomic E-state index is 12.6. The van der Waals surface area contributed by atoms with Gasteiger partial charge in [0.15, 0.2) is 6.10 Å². The van der Waals surface area contributed by atoms with E-state index < -0.39 is 23.8 Å². The molecule has 1 amide bonds. The van der Waals surface area contributed by atoms with Gasteiger partial charge in [0.05, 0.1) is 5.54 Å². The number of carbonyl (C=O) groups excluding carboxylic acids is 1. The molecule has 1 aromatic heterocycles. The van der Waals surface area contributed by atoms with Gasteiger partial charge < -0.3 is 14.6 Å². The van der Waals surface area contributed by atoms with E-state index in [9.17, 15) is 13.6 Å². The Morgan fingerprint density at radius 3 is 2.80 bits per heavy atom. The Morgan fingerprint density at radius 1 is 1.36 bits per heavy atom. The summed E-state index contributed by atoms with van der Waals surface area (Å²) in [6.45, 7) is 5.36. The second-order valence-electron chi connectivity index (χ2n) is 6.79. The van der Waals surface area contributed by atoms with Crippen molar-refractivity contribution in [1.82, 2.24) is 10.5 Å². The lowest BCUT2D eigenvalue weighted by Crippen LogP contribution is -2.48. The van der Waals surface area contributed by atoms with Crippen LogP contribution in [0.25, 0.3) is 0 Å². The first-order valence-corrected chi connectivity index (χ1v) is 8.10. The molecule has 5 nitrogen and oxygen atoms in total. The first-order chi connectivity index (χ1) is 11.8. The normalized spacial score (nSPS) is 17.1. The third kappa shape index (κ3) is 3.65. The fourth-order valence-electron chi connectivity index (χ4n) is 2.84. The Kier molecular flexibility index (Phi) is 4.49. The van der Waals surface area contributed by atoms with E-state index in [1.165, 1.54) is 0 Å². The van der Waals surface area contributed by atoms with Crippen LogP contribution in [-0.4, -0.2) is 17.2 Å². The van der Waals surface area contributed by atoms with Gasteiger partial charge in [-0.1, -0.05) is 22.9 Å². The van der Waals surface area contributed by atoms with E-state index in [-0.39, 0.29) is 11.6 Å². The molecule has 0 saturated carbocycles. The minimum atomic E-state index is -2.74. The zero-order valence-corrected chi connectivity index (χ0v) is 14.3. The van der Waals surface area contributed by atoms with Gasteiger partial charge in [0.2, 0.25) is 5.76 Å². The van der Waals surface area contributed by atoms with Gasteiger partial charge >= 0.3 is 0 Å². The molecule has 1 aliphatic rings. The van der Waals surface area contributed by atoms with E-state index >= 15 is 0 Å². The largest absolute Gasteiger partial charge is 0.480 e. The van der Waals surface area contributed by atoms with Crippen LogP contribution in [0.4, 0.5) is 8.78 Å². The molecule has 3 rings (SSSR count). The predicted octanol–water partition coefficient (Wildman–Crippen LogP) is 3.67. The molecule has 0 aliphatic carbocycles. The summed E-state index contributed by atoms with van der Waals surface area (Å²) in [6.07, 6.45) is -2.07. The number of hydrogen-bond donors (Lipinski definition) is 1. The van der Waals surface area contributed by atoms with Crippen LogP contribution in [0.5, 0.6) is 5.75 Å². The number of amides is 1. The molecule has 2 aromatic rings. The Hall–Kier alpha value is -2.44. The Morgan fingerprint density at radius 2 is 2.12 bits per heavy atom. The smallest absolute Gasteiger partial charge is 0.298 e. The number of rotatable bonds is 4. The van der Waals surface area contributed by atoms with Crippen LogP contribution < -0.4 is 10.1 Å². The lowest BCUT2D eigenvalue weighted by atomic mass is 9.97. The lowest BCUT2D eigenvalue weighted by Gasteiger charge is -2.30. The number of carbonyl (C=O) groups is 1. The van der Waals surface area contributed by atoms with E-state index in [1.54, 1.807) is 13.8 Å². The Labute approximate surface area is 144 Å². The van der Waals surface area contributed by atoms with Crippen molar-refractivity contribution in [3.8, 4) is 5.75 Å². The molecule has 0 spiro atoms. The van der Waals surface area contributed by atoms with Crippen molar-refractivity contribution in [2.75, 3.05) is 0 Å². The molecule has 1 atom stereocenters. The molecule has 2 heterocycles. The van der Waals surface area contributed by atoms with Crippen molar-refractivity contribution >= 4 is 5.91 Å². The van der Waals surface area contributed by atoms with Gasteiger partial charge in [0.1, 0.15) is 11.4 Å². The molecule has 1 N–H and O–H groups in total. The van der Waals surface area contributed by atoms with Crippen molar-refractivity contribution in [3.05, 3.63) is 46.8 Å². The standard InChI is InChI=1S/C18H20F2N2O3/c1-10-4-6-12-11(8-10)5-7-13(24-12)17(23)21-18(2,3)15-9-14(16(19)20)25-22-15/h4,6,8-9,13,16H,5,7H2,1-3H3,(H,21,23). The summed E-state index contributed by atoms with van der Waals surface area (Å²) < 4.78 is 35.7. The highest BCUT2D eigenvalue weighted by Gasteiger charge is 2.33. The average molecular weight is 350 g/mol. The van der Waals surface area contributed by atoms with Gasteiger partial charge in [-0.25, -0.2) is 8.78 Å². The second kappa shape index (κ2) is 6.46. The monoisotopic (exact) mass is 350 g/mol. The van der Waals surface area contributed by atoms with Crippen molar-refractivity contribution in [2.24, 2.45) is 0 Å². The molecule has 7 heteroatoms. The van der Waals surface area contributed by atoms with Crippen LogP contribution in [0.15, 0.2) is 28.8 Å². The minimum absolute atomic E-state index is 0.239. The van der Waals surface area contributed by atoms with Crippen molar-refractivity contribution < 1.29 is 22.8 Å². The molecule has 1 aromatic carbocycles. The van der Waals surface area contributed by atoms with Crippen LogP contribution in [0.1, 0.15) is 49.3 Å². The van der Waals surface area contributed by atoms with Gasteiger partial charge in [-0.05, 0) is 45.2 Å². The van der Waals surface area contributed by atoms with Gasteiger partial charge in [0, 0.05) is 6.07 Å². The van der Waals surface area contributed by atoms with E-state index in [4.69, 9.17) is 4.74 Å². The molecule has 0 bridgehead atoms. The fraction of sp³-hybridized carbons (Fsp3) is 0.444. The lowest BCUT2D eigenvalue weighted by molar-refractivity contribution is -0.130. The molecule has 0 radical (unpaired) electrons. The fourth-order valence-corrected chi connectivity index (χ4v) is 2.84. The molecular formula is C18H20F2N2O3. The zero-order valence-electron chi connectivity index (χ0n) is 14.3. The van der Waals surface area contributed by atoms with Crippen LogP contribution in [-0.2, 0) is 16.8 Å². The highest BCUT2D eigenvalue weighted by molar-refractivity contribution is 5.82. The summed E-state index contributed by atoms with van der Waals surface area (Å²) in [5, 5.41) is 6.45. The van der Waals surface area contributed by atoms with Crippen molar-refractivity contribution in [1.29, 1.82) is 0 Å². The van der Waals surface area contributed by atoms with Crippen LogP contribution in [0.2, 0.25) is 0 Å². The third-order valence-electron chi connectivity index (χ3n) is 4.27. The molecular weight excluding hydrogens is 330 g/mol. The van der Waals surface area contributed by atoms with Crippen molar-refractivity contribution in [3.63, 3.8) is 0 Å². The summed E-state index contributed by atoms with van der Waals surface area (Å²) >= 11 is 0. The van der Waals surface area contributed by atoms with E-state index in [0.29, 0.717) is 12.2 Å². The van der Waals surface area contributed by atoms with Crippen LogP contribution in [0.3, 0.4) is 0 Å². The van der Waals surface area contributed by atoms with Gasteiger partial charge in [-0.2, -0.15) is 0 Å². The van der Waals surface area contributed by atoms with E-state index in [0.717, 1.165) is 23.6 Å². The summed E-state index contributed by atoms with van der Waals surface area (Å²) in [6, 6.07) is 7.01. The van der Waals surface area contributed by atoms with Crippen LogP contribution >= 0.6 is 0 Å². The molecule has 25 heavy (non-hydrogen) atoms. The number of fused-ring (bicyclic) bond motifs is 1. The SMILES string of the molecule is Cc1ccc2c(c1)CCC(C(=O)NC(C)(C)c1cc(C(F)F)on1)O2. The predicted molar refractivity (Wildman–Crippen MR) is 86.5 cm³/mol. The zero-order chi connectivity index (χ0) is 18.2. The third-order valence-corrected chi connectivity index (χ3v) is 4.27. The quantitative estimate of drug-likeness (QED) is 0.914. The summed E-state index contributed by atoms with van der Waals surface area (Å²) in [5.74, 6) is -0.121. The number of aromatic nitrogens is 1. The highest BCUT2D eigenvalue weighted by atomic mass is 19.3. The number of ether oxygens (including phenoxy) is 1. The first-order valence-electron chi connectivity index (χ1n) is 8.10. The molecule has 134 valence electrons. The number of alkyl halides is 2. The molecule has 0 saturated heterocycles. The number of aryl methyl sites for hydroxylation is 2. The maximum atomic E-state index is 12.6. The topological polar surface area (TPSA) is 64.4 Å². The molecule has 1 aliphatic heterocycles. The van der Waals surface area contributed by atoms with Gasteiger partial charge in [0.25, 0.3) is 12.3 Å². The van der Waals surface area contributed by atoms with Crippen molar-refractivity contribution in [2.45, 2.75) is 51.7 Å². The first kappa shape index (κ1) is 17.4. The average Bonchev–Trinajstić information content (AvgIpc) is 3.05. The maximum Gasteiger partial charge on any atom is 0.298 e. The number of nitrogens with one attached hydrogen (secondary N) is 1. The summed E-state index contributed by atoms with van der Waals surface area (Å²) in [4.78, 5) is 12.6. The van der Waals surface area contributed by atoms with E-state index in [2.05, 4.69) is 21.1 Å². The summed E-state index contributed by atoms with van der Waals surface area (Å²) in [7, 11) is 0. The second-order valence-corrected chi connectivity index (χ2v) is 6.79. The molecule has 0 fully saturated rings. The Bertz CT molecular complexity index is 786. The van der Waals surface area contributed by atoms with Crippen LogP contribution in [0, 0.1) is 6.92 Å². The number of halogens is 2. The van der Waals surface area contributed by atoms with Gasteiger partial charge in [-0.3, -0.25) is 4.79 Å². The molecule has 1 unspecified atom stereocenters. The Balaban J connectivity index is 1.70. The number of benzene rings is 1. The summed E-state index contributed by atoms with van der Waals surface area (Å²) in [5.41, 5.74) is 1.52. The highest BCUT2D eigenvalue weighted by Crippen LogP contribution is 2.30.